The van der Waals surface area contributed by atoms with E-state index in [0.29, 0.717) is 30.8 Å². The summed E-state index contributed by atoms with van der Waals surface area (Å²) in [6.07, 6.45) is 1.52. The Morgan fingerprint density at radius 1 is 0.410 bits per heavy atom. The second-order valence-corrected chi connectivity index (χ2v) is 11.3. The predicted molar refractivity (Wildman–Crippen MR) is 159 cm³/mol. The Morgan fingerprint density at radius 2 is 0.718 bits per heavy atom. The summed E-state index contributed by atoms with van der Waals surface area (Å²) in [6, 6.07) is 11.6. The van der Waals surface area contributed by atoms with Gasteiger partial charge >= 0.3 is 0 Å². The third-order valence-electron chi connectivity index (χ3n) is 8.40. The molecule has 204 valence electrons. The minimum absolute atomic E-state index is 0.244. The molecule has 4 aromatic carbocycles. The van der Waals surface area contributed by atoms with Crippen LogP contribution in [0.3, 0.4) is 0 Å². The second kappa shape index (κ2) is 10.7. The maximum Gasteiger partial charge on any atom is 0.122 e. The zero-order valence-corrected chi connectivity index (χ0v) is 24.4. The average Bonchev–Trinajstić information content (AvgIpc) is 2.86. The lowest BCUT2D eigenvalue weighted by Crippen LogP contribution is -2.03. The molecule has 0 unspecified atom stereocenters. The quantitative estimate of drug-likeness (QED) is 0.208. The van der Waals surface area contributed by atoms with E-state index in [1.165, 1.54) is 0 Å². The number of rotatable bonds is 6. The first-order valence-corrected chi connectivity index (χ1v) is 13.5. The van der Waals surface area contributed by atoms with Gasteiger partial charge in [-0.1, -0.05) is 35.4 Å². The van der Waals surface area contributed by atoms with Gasteiger partial charge in [0, 0.05) is 19.3 Å². The molecule has 0 spiro atoms. The van der Waals surface area contributed by atoms with Crippen molar-refractivity contribution in [2.24, 2.45) is 0 Å². The van der Waals surface area contributed by atoms with Gasteiger partial charge in [-0.05, 0) is 134 Å². The van der Waals surface area contributed by atoms with Crippen LogP contribution in [0.4, 0.5) is 0 Å². The fourth-order valence-electron chi connectivity index (χ4n) is 5.77. The SMILES string of the molecule is Cc1cc(Cc2cc(C)cc(Cc3c(C)cc(O)c(C)c3C)c2O)c(O)c(Cc2c(C)cc(O)c(C)c2C)c1. The number of benzene rings is 4. The van der Waals surface area contributed by atoms with Crippen LogP contribution in [0.2, 0.25) is 0 Å². The summed E-state index contributed by atoms with van der Waals surface area (Å²) in [7, 11) is 0. The standard InChI is InChI=1S/C35H40O4/c1-18-9-26(34(38)28(11-18)16-30-20(3)13-32(36)24(7)22(30)5)15-27-10-19(2)12-29(35(27)39)17-31-21(4)14-33(37)25(8)23(31)6/h9-14,36-39H,15-17H2,1-8H3. The summed E-state index contributed by atoms with van der Waals surface area (Å²) in [5, 5.41) is 43.2. The van der Waals surface area contributed by atoms with Crippen molar-refractivity contribution in [1.82, 2.24) is 0 Å². The number of phenols is 4. The van der Waals surface area contributed by atoms with E-state index >= 15 is 0 Å². The fourth-order valence-corrected chi connectivity index (χ4v) is 5.77. The van der Waals surface area contributed by atoms with Gasteiger partial charge in [0.2, 0.25) is 0 Å². The lowest BCUT2D eigenvalue weighted by molar-refractivity contribution is 0.456. The number of hydrogen-bond donors (Lipinski definition) is 4. The van der Waals surface area contributed by atoms with Crippen molar-refractivity contribution < 1.29 is 20.4 Å². The molecular weight excluding hydrogens is 484 g/mol. The molecule has 0 saturated carbocycles. The zero-order valence-electron chi connectivity index (χ0n) is 24.4. The molecule has 0 atom stereocenters. The molecule has 0 fully saturated rings. The molecule has 0 aromatic heterocycles. The Labute approximate surface area is 232 Å². The van der Waals surface area contributed by atoms with Gasteiger partial charge in [-0.3, -0.25) is 0 Å². The van der Waals surface area contributed by atoms with Gasteiger partial charge < -0.3 is 20.4 Å². The van der Waals surface area contributed by atoms with Crippen LogP contribution in [0.1, 0.15) is 77.9 Å². The van der Waals surface area contributed by atoms with Crippen LogP contribution in [-0.2, 0) is 19.3 Å². The normalized spacial score (nSPS) is 11.3. The Bertz CT molecular complexity index is 1480. The zero-order chi connectivity index (χ0) is 28.8. The van der Waals surface area contributed by atoms with E-state index in [2.05, 4.69) is 0 Å². The van der Waals surface area contributed by atoms with E-state index in [1.54, 1.807) is 12.1 Å². The smallest absolute Gasteiger partial charge is 0.122 e. The molecule has 0 saturated heterocycles. The van der Waals surface area contributed by atoms with Gasteiger partial charge in [0.05, 0.1) is 0 Å². The van der Waals surface area contributed by atoms with Crippen molar-refractivity contribution in [3.8, 4) is 23.0 Å². The highest BCUT2D eigenvalue weighted by molar-refractivity contribution is 5.56. The summed E-state index contributed by atoms with van der Waals surface area (Å²) in [4.78, 5) is 0. The van der Waals surface area contributed by atoms with Crippen molar-refractivity contribution in [1.29, 1.82) is 0 Å². The third kappa shape index (κ3) is 5.47. The minimum Gasteiger partial charge on any atom is -0.508 e. The molecule has 0 aliphatic heterocycles. The van der Waals surface area contributed by atoms with Crippen LogP contribution >= 0.6 is 0 Å². The number of hydrogen-bond acceptors (Lipinski definition) is 4. The minimum atomic E-state index is 0.244. The maximum absolute atomic E-state index is 11.4. The van der Waals surface area contributed by atoms with Crippen LogP contribution in [-0.4, -0.2) is 20.4 Å². The molecule has 0 bridgehead atoms. The Morgan fingerprint density at radius 3 is 1.05 bits per heavy atom. The molecule has 0 amide bonds. The molecule has 4 nitrogen and oxygen atoms in total. The monoisotopic (exact) mass is 524 g/mol. The summed E-state index contributed by atoms with van der Waals surface area (Å²) < 4.78 is 0. The predicted octanol–water partition coefficient (Wildman–Crippen LogP) is 7.75. The number of aromatic hydroxyl groups is 4. The van der Waals surface area contributed by atoms with E-state index in [4.69, 9.17) is 0 Å². The highest BCUT2D eigenvalue weighted by Crippen LogP contribution is 2.37. The lowest BCUT2D eigenvalue weighted by atomic mass is 9.88. The molecule has 4 N–H and O–H groups in total. The highest BCUT2D eigenvalue weighted by atomic mass is 16.3. The van der Waals surface area contributed by atoms with Crippen molar-refractivity contribution >= 4 is 0 Å². The van der Waals surface area contributed by atoms with E-state index in [-0.39, 0.29) is 11.5 Å². The van der Waals surface area contributed by atoms with Crippen molar-refractivity contribution in [3.05, 3.63) is 114 Å². The Hall–Kier alpha value is -3.92. The third-order valence-corrected chi connectivity index (χ3v) is 8.40. The maximum atomic E-state index is 11.4. The van der Waals surface area contributed by atoms with E-state index in [9.17, 15) is 20.4 Å². The van der Waals surface area contributed by atoms with Gasteiger partial charge in [-0.2, -0.15) is 0 Å². The van der Waals surface area contributed by atoms with Gasteiger partial charge in [0.1, 0.15) is 23.0 Å². The summed E-state index contributed by atoms with van der Waals surface area (Å²) in [6.45, 7) is 15.9. The number of phenolic OH excluding ortho intramolecular Hbond substituents is 4. The fraction of sp³-hybridized carbons (Fsp3) is 0.314. The highest BCUT2D eigenvalue weighted by Gasteiger charge is 2.18. The van der Waals surface area contributed by atoms with Crippen molar-refractivity contribution in [2.75, 3.05) is 0 Å². The van der Waals surface area contributed by atoms with Crippen molar-refractivity contribution in [2.45, 2.75) is 74.7 Å². The first-order valence-electron chi connectivity index (χ1n) is 13.5. The first-order chi connectivity index (χ1) is 18.3. The molecule has 4 aromatic rings. The number of aryl methyl sites for hydroxylation is 4. The molecule has 0 radical (unpaired) electrons. The van der Waals surface area contributed by atoms with Crippen LogP contribution < -0.4 is 0 Å². The first kappa shape index (κ1) is 28.1. The Balaban J connectivity index is 1.72. The summed E-state index contributed by atoms with van der Waals surface area (Å²) in [5.74, 6) is 1.07. The van der Waals surface area contributed by atoms with Gasteiger partial charge in [0.25, 0.3) is 0 Å². The van der Waals surface area contributed by atoms with E-state index in [1.807, 2.05) is 79.7 Å². The van der Waals surface area contributed by atoms with Gasteiger partial charge in [0.15, 0.2) is 0 Å². The molecular formula is C35H40O4. The second-order valence-electron chi connectivity index (χ2n) is 11.3. The van der Waals surface area contributed by atoms with Gasteiger partial charge in [-0.25, -0.2) is 0 Å². The molecule has 39 heavy (non-hydrogen) atoms. The van der Waals surface area contributed by atoms with E-state index < -0.39 is 0 Å². The van der Waals surface area contributed by atoms with Crippen molar-refractivity contribution in [3.63, 3.8) is 0 Å². The molecule has 0 aliphatic carbocycles. The topological polar surface area (TPSA) is 80.9 Å². The van der Waals surface area contributed by atoms with Crippen LogP contribution in [0.5, 0.6) is 23.0 Å². The lowest BCUT2D eigenvalue weighted by Gasteiger charge is -2.19. The van der Waals surface area contributed by atoms with Crippen LogP contribution in [0.15, 0.2) is 36.4 Å². The molecule has 0 aliphatic rings. The molecule has 4 heteroatoms. The molecule has 0 heterocycles. The van der Waals surface area contributed by atoms with E-state index in [0.717, 1.165) is 77.9 Å². The van der Waals surface area contributed by atoms with Crippen LogP contribution in [0.25, 0.3) is 0 Å². The Kier molecular flexibility index (Phi) is 7.70. The average molecular weight is 525 g/mol. The molecule has 4 rings (SSSR count). The van der Waals surface area contributed by atoms with Crippen LogP contribution in [0, 0.1) is 55.4 Å². The van der Waals surface area contributed by atoms with Gasteiger partial charge in [-0.15, -0.1) is 0 Å². The summed E-state index contributed by atoms with van der Waals surface area (Å²) in [5.41, 5.74) is 13.3. The summed E-state index contributed by atoms with van der Waals surface area (Å²) >= 11 is 0. The largest absolute Gasteiger partial charge is 0.508 e.